The smallest absolute Gasteiger partial charge is 0.0491 e. The Bertz CT molecular complexity index is 805. The number of rotatable bonds is 4. The predicted molar refractivity (Wildman–Crippen MR) is 100 cm³/mol. The molecule has 1 fully saturated rings. The molecular formula is C22H27N. The first-order valence-corrected chi connectivity index (χ1v) is 9.36. The molecule has 0 amide bonds. The van der Waals surface area contributed by atoms with Crippen LogP contribution in [0.15, 0.2) is 42.5 Å². The molecule has 1 aromatic heterocycles. The van der Waals surface area contributed by atoms with Crippen LogP contribution in [-0.2, 0) is 13.0 Å². The van der Waals surface area contributed by atoms with Crippen LogP contribution in [0, 0.1) is 5.92 Å². The lowest BCUT2D eigenvalue weighted by molar-refractivity contribution is 0.339. The molecule has 2 aromatic carbocycles. The van der Waals surface area contributed by atoms with E-state index in [9.17, 15) is 0 Å². The van der Waals surface area contributed by atoms with E-state index in [4.69, 9.17) is 0 Å². The largest absolute Gasteiger partial charge is 0.341 e. The van der Waals surface area contributed by atoms with Gasteiger partial charge < -0.3 is 4.57 Å². The van der Waals surface area contributed by atoms with Gasteiger partial charge in [-0.05, 0) is 49.4 Å². The van der Waals surface area contributed by atoms with Crippen molar-refractivity contribution in [3.8, 4) is 0 Å². The molecule has 1 saturated carbocycles. The number of para-hydroxylation sites is 1. The van der Waals surface area contributed by atoms with E-state index in [-0.39, 0.29) is 0 Å². The maximum absolute atomic E-state index is 2.45. The normalized spacial score (nSPS) is 16.4. The molecule has 120 valence electrons. The van der Waals surface area contributed by atoms with Crippen molar-refractivity contribution in [2.75, 3.05) is 0 Å². The molecule has 0 aliphatic heterocycles. The van der Waals surface area contributed by atoms with Crippen LogP contribution in [0.5, 0.6) is 0 Å². The van der Waals surface area contributed by atoms with Gasteiger partial charge in [-0.1, -0.05) is 56.4 Å². The summed E-state index contributed by atoms with van der Waals surface area (Å²) in [6.45, 7) is 3.27. The fourth-order valence-electron chi connectivity index (χ4n) is 4.44. The van der Waals surface area contributed by atoms with Gasteiger partial charge in [-0.2, -0.15) is 0 Å². The summed E-state index contributed by atoms with van der Waals surface area (Å²) < 4.78 is 2.44. The Morgan fingerprint density at radius 3 is 2.52 bits per heavy atom. The van der Waals surface area contributed by atoms with E-state index >= 15 is 0 Å². The Morgan fingerprint density at radius 1 is 0.913 bits per heavy atom. The second kappa shape index (κ2) is 6.39. The van der Waals surface area contributed by atoms with Crippen molar-refractivity contribution in [1.29, 1.82) is 0 Å². The van der Waals surface area contributed by atoms with Crippen LogP contribution in [0.4, 0.5) is 0 Å². The van der Waals surface area contributed by atoms with Crippen LogP contribution in [0.25, 0.3) is 21.8 Å². The minimum Gasteiger partial charge on any atom is -0.341 e. The van der Waals surface area contributed by atoms with Crippen LogP contribution in [0.3, 0.4) is 0 Å². The molecule has 3 aromatic rings. The molecule has 0 unspecified atom stereocenters. The van der Waals surface area contributed by atoms with Crippen molar-refractivity contribution < 1.29 is 0 Å². The Hall–Kier alpha value is -1.76. The molecule has 0 spiro atoms. The lowest BCUT2D eigenvalue weighted by Gasteiger charge is -2.21. The standard InChI is InChI=1S/C22H27N/c1-2-23-21-11-7-6-10-19(21)20-16-18(14-15-22(20)23)13-12-17-8-4-3-5-9-17/h6-7,10-11,14-17H,2-5,8-9,12-13H2,1H3. The Kier molecular flexibility index (Phi) is 4.11. The average Bonchev–Trinajstić information content (AvgIpc) is 2.94. The van der Waals surface area contributed by atoms with Gasteiger partial charge in [-0.15, -0.1) is 0 Å². The van der Waals surface area contributed by atoms with Gasteiger partial charge in [0, 0.05) is 28.4 Å². The highest BCUT2D eigenvalue weighted by molar-refractivity contribution is 6.08. The first-order chi connectivity index (χ1) is 11.4. The minimum atomic E-state index is 0.969. The second-order valence-electron chi connectivity index (χ2n) is 7.16. The number of nitrogens with zero attached hydrogens (tertiary/aromatic N) is 1. The molecule has 0 saturated heterocycles. The summed E-state index contributed by atoms with van der Waals surface area (Å²) in [5, 5.41) is 2.84. The first-order valence-electron chi connectivity index (χ1n) is 9.36. The van der Waals surface area contributed by atoms with Gasteiger partial charge >= 0.3 is 0 Å². The molecule has 23 heavy (non-hydrogen) atoms. The fraction of sp³-hybridized carbons (Fsp3) is 0.455. The molecule has 0 atom stereocenters. The summed E-state index contributed by atoms with van der Waals surface area (Å²) >= 11 is 0. The summed E-state index contributed by atoms with van der Waals surface area (Å²) in [6.07, 6.45) is 9.89. The summed E-state index contributed by atoms with van der Waals surface area (Å²) in [5.41, 5.74) is 4.27. The zero-order chi connectivity index (χ0) is 15.6. The third kappa shape index (κ3) is 2.78. The third-order valence-corrected chi connectivity index (χ3v) is 5.72. The molecule has 0 N–H and O–H groups in total. The summed E-state index contributed by atoms with van der Waals surface area (Å²) in [7, 11) is 0. The first kappa shape index (κ1) is 14.8. The number of hydrogen-bond acceptors (Lipinski definition) is 0. The minimum absolute atomic E-state index is 0.969. The van der Waals surface area contributed by atoms with E-state index in [2.05, 4.69) is 54.0 Å². The summed E-state index contributed by atoms with van der Waals surface area (Å²) in [5.74, 6) is 0.969. The van der Waals surface area contributed by atoms with Crippen molar-refractivity contribution in [3.05, 3.63) is 48.0 Å². The third-order valence-electron chi connectivity index (χ3n) is 5.72. The van der Waals surface area contributed by atoms with E-state index in [1.165, 1.54) is 72.3 Å². The quantitative estimate of drug-likeness (QED) is 0.531. The molecule has 4 rings (SSSR count). The van der Waals surface area contributed by atoms with Crippen LogP contribution in [0.2, 0.25) is 0 Å². The predicted octanol–water partition coefficient (Wildman–Crippen LogP) is 6.33. The van der Waals surface area contributed by atoms with Gasteiger partial charge in [0.05, 0.1) is 0 Å². The van der Waals surface area contributed by atoms with Gasteiger partial charge in [-0.25, -0.2) is 0 Å². The van der Waals surface area contributed by atoms with E-state index in [0.29, 0.717) is 0 Å². The Balaban J connectivity index is 1.65. The topological polar surface area (TPSA) is 4.93 Å². The highest BCUT2D eigenvalue weighted by Crippen LogP contribution is 2.31. The van der Waals surface area contributed by atoms with Crippen molar-refractivity contribution in [2.45, 2.75) is 58.4 Å². The maximum Gasteiger partial charge on any atom is 0.0491 e. The fourth-order valence-corrected chi connectivity index (χ4v) is 4.44. The molecule has 1 aliphatic rings. The van der Waals surface area contributed by atoms with Gasteiger partial charge in [0.25, 0.3) is 0 Å². The van der Waals surface area contributed by atoms with Gasteiger partial charge in [0.2, 0.25) is 0 Å². The Labute approximate surface area is 139 Å². The van der Waals surface area contributed by atoms with E-state index < -0.39 is 0 Å². The van der Waals surface area contributed by atoms with Crippen molar-refractivity contribution in [1.82, 2.24) is 4.57 Å². The number of aryl methyl sites for hydroxylation is 2. The molecule has 1 heterocycles. The molecule has 0 bridgehead atoms. The van der Waals surface area contributed by atoms with Crippen LogP contribution >= 0.6 is 0 Å². The molecule has 1 heteroatoms. The zero-order valence-electron chi connectivity index (χ0n) is 14.2. The molecule has 1 aliphatic carbocycles. The summed E-state index contributed by atoms with van der Waals surface area (Å²) in [4.78, 5) is 0. The van der Waals surface area contributed by atoms with E-state index in [1.807, 2.05) is 0 Å². The van der Waals surface area contributed by atoms with Crippen LogP contribution < -0.4 is 0 Å². The maximum atomic E-state index is 2.45. The highest BCUT2D eigenvalue weighted by atomic mass is 15.0. The van der Waals surface area contributed by atoms with E-state index in [1.54, 1.807) is 0 Å². The van der Waals surface area contributed by atoms with Gasteiger partial charge in [0.1, 0.15) is 0 Å². The highest BCUT2D eigenvalue weighted by Gasteiger charge is 2.14. The molecule has 0 radical (unpaired) electrons. The Morgan fingerprint density at radius 2 is 1.70 bits per heavy atom. The second-order valence-corrected chi connectivity index (χ2v) is 7.16. The number of hydrogen-bond donors (Lipinski definition) is 0. The lowest BCUT2D eigenvalue weighted by Crippen LogP contribution is -2.07. The average molecular weight is 305 g/mol. The van der Waals surface area contributed by atoms with Crippen LogP contribution in [0.1, 0.15) is 51.0 Å². The number of fused-ring (bicyclic) bond motifs is 3. The van der Waals surface area contributed by atoms with Gasteiger partial charge in [0.15, 0.2) is 0 Å². The zero-order valence-corrected chi connectivity index (χ0v) is 14.2. The van der Waals surface area contributed by atoms with Crippen molar-refractivity contribution >= 4 is 21.8 Å². The monoisotopic (exact) mass is 305 g/mol. The number of aromatic nitrogens is 1. The van der Waals surface area contributed by atoms with Crippen molar-refractivity contribution in [2.24, 2.45) is 5.92 Å². The SMILES string of the molecule is CCn1c2ccccc2c2cc(CCC3CCCCC3)ccc21. The van der Waals surface area contributed by atoms with Gasteiger partial charge in [-0.3, -0.25) is 0 Å². The number of benzene rings is 2. The lowest BCUT2D eigenvalue weighted by atomic mass is 9.85. The van der Waals surface area contributed by atoms with Crippen molar-refractivity contribution in [3.63, 3.8) is 0 Å². The van der Waals surface area contributed by atoms with Crippen LogP contribution in [-0.4, -0.2) is 4.57 Å². The molecular weight excluding hydrogens is 278 g/mol. The molecule has 1 nitrogen and oxygen atoms in total. The summed E-state index contributed by atoms with van der Waals surface area (Å²) in [6, 6.07) is 16.0. The van der Waals surface area contributed by atoms with E-state index in [0.717, 1.165) is 12.5 Å².